The van der Waals surface area contributed by atoms with E-state index in [4.69, 9.17) is 9.47 Å². The van der Waals surface area contributed by atoms with Gasteiger partial charge in [-0.2, -0.15) is 0 Å². The van der Waals surface area contributed by atoms with Crippen LogP contribution in [0.2, 0.25) is 0 Å². The van der Waals surface area contributed by atoms with Crippen LogP contribution in [-0.2, 0) is 4.74 Å². The number of unbranched alkanes of at least 4 members (excludes halogenated alkanes) is 2. The molecule has 1 unspecified atom stereocenters. The van der Waals surface area contributed by atoms with Crippen molar-refractivity contribution in [3.05, 3.63) is 36.4 Å². The second-order valence-electron chi connectivity index (χ2n) is 5.08. The highest BCUT2D eigenvalue weighted by atomic mass is 16.7. The van der Waals surface area contributed by atoms with Crippen LogP contribution in [0.15, 0.2) is 30.8 Å². The van der Waals surface area contributed by atoms with Gasteiger partial charge in [-0.1, -0.05) is 58.4 Å². The molecule has 19 heavy (non-hydrogen) atoms. The van der Waals surface area contributed by atoms with Crippen LogP contribution < -0.4 is 4.74 Å². The minimum Gasteiger partial charge on any atom is -0.465 e. The summed E-state index contributed by atoms with van der Waals surface area (Å²) in [5, 5.41) is 0. The van der Waals surface area contributed by atoms with Crippen molar-refractivity contribution in [3.8, 4) is 5.75 Å². The van der Waals surface area contributed by atoms with Crippen LogP contribution in [0.5, 0.6) is 5.75 Å². The standard InChI is InChI=1S/C17H26O2/c1-5-7-8-13-18-17(14(3)4)19-16-11-9-15(6-2)10-12-16/h6,9-12,14,17H,2,5,7-8,13H2,1,3-4H3. The van der Waals surface area contributed by atoms with Crippen molar-refractivity contribution in [2.24, 2.45) is 5.92 Å². The number of ether oxygens (including phenoxy) is 2. The van der Waals surface area contributed by atoms with Gasteiger partial charge in [-0.25, -0.2) is 0 Å². The van der Waals surface area contributed by atoms with Gasteiger partial charge in [0.2, 0.25) is 6.29 Å². The fraction of sp³-hybridized carbons (Fsp3) is 0.529. The van der Waals surface area contributed by atoms with E-state index < -0.39 is 0 Å². The Morgan fingerprint density at radius 3 is 2.37 bits per heavy atom. The molecular weight excluding hydrogens is 236 g/mol. The average Bonchev–Trinajstić information content (AvgIpc) is 2.42. The van der Waals surface area contributed by atoms with Gasteiger partial charge < -0.3 is 9.47 Å². The second-order valence-corrected chi connectivity index (χ2v) is 5.08. The highest BCUT2D eigenvalue weighted by Crippen LogP contribution is 2.18. The van der Waals surface area contributed by atoms with E-state index in [0.29, 0.717) is 5.92 Å². The summed E-state index contributed by atoms with van der Waals surface area (Å²) in [6.07, 6.45) is 5.16. The summed E-state index contributed by atoms with van der Waals surface area (Å²) in [4.78, 5) is 0. The van der Waals surface area contributed by atoms with E-state index in [1.54, 1.807) is 0 Å². The van der Waals surface area contributed by atoms with Gasteiger partial charge in [0.25, 0.3) is 0 Å². The molecule has 0 saturated carbocycles. The summed E-state index contributed by atoms with van der Waals surface area (Å²) in [7, 11) is 0. The van der Waals surface area contributed by atoms with Crippen molar-refractivity contribution in [3.63, 3.8) is 0 Å². The third-order valence-electron chi connectivity index (χ3n) is 2.94. The Kier molecular flexibility index (Phi) is 7.27. The lowest BCUT2D eigenvalue weighted by Crippen LogP contribution is -2.27. The monoisotopic (exact) mass is 262 g/mol. The van der Waals surface area contributed by atoms with Crippen LogP contribution in [0.1, 0.15) is 45.6 Å². The smallest absolute Gasteiger partial charge is 0.202 e. The fourth-order valence-electron chi connectivity index (χ4n) is 1.73. The summed E-state index contributed by atoms with van der Waals surface area (Å²) >= 11 is 0. The molecule has 0 aliphatic heterocycles. The summed E-state index contributed by atoms with van der Waals surface area (Å²) in [5.41, 5.74) is 1.09. The topological polar surface area (TPSA) is 18.5 Å². The molecule has 0 aromatic heterocycles. The number of hydrogen-bond donors (Lipinski definition) is 0. The van der Waals surface area contributed by atoms with Crippen LogP contribution >= 0.6 is 0 Å². The zero-order valence-corrected chi connectivity index (χ0v) is 12.4. The Bertz CT molecular complexity index is 354. The van der Waals surface area contributed by atoms with Crippen molar-refractivity contribution in [2.75, 3.05) is 6.61 Å². The zero-order chi connectivity index (χ0) is 14.1. The zero-order valence-electron chi connectivity index (χ0n) is 12.4. The molecule has 0 heterocycles. The molecule has 0 spiro atoms. The Morgan fingerprint density at radius 2 is 1.84 bits per heavy atom. The number of hydrogen-bond acceptors (Lipinski definition) is 2. The van der Waals surface area contributed by atoms with Crippen LogP contribution in [0.25, 0.3) is 6.08 Å². The van der Waals surface area contributed by atoms with Gasteiger partial charge in [0.05, 0.1) is 6.61 Å². The molecule has 0 aliphatic rings. The molecule has 1 aromatic carbocycles. The van der Waals surface area contributed by atoms with Gasteiger partial charge in [-0.05, 0) is 24.1 Å². The molecule has 0 radical (unpaired) electrons. The lowest BCUT2D eigenvalue weighted by atomic mass is 10.2. The van der Waals surface area contributed by atoms with Gasteiger partial charge >= 0.3 is 0 Å². The highest BCUT2D eigenvalue weighted by Gasteiger charge is 2.15. The van der Waals surface area contributed by atoms with Gasteiger partial charge in [0, 0.05) is 5.92 Å². The molecule has 0 amide bonds. The average molecular weight is 262 g/mol. The maximum atomic E-state index is 5.90. The minimum atomic E-state index is -0.175. The molecule has 2 heteroatoms. The third kappa shape index (κ3) is 5.93. The third-order valence-corrected chi connectivity index (χ3v) is 2.94. The summed E-state index contributed by atoms with van der Waals surface area (Å²) in [6.45, 7) is 10.9. The molecule has 1 rings (SSSR count). The summed E-state index contributed by atoms with van der Waals surface area (Å²) in [5.74, 6) is 1.18. The largest absolute Gasteiger partial charge is 0.465 e. The highest BCUT2D eigenvalue weighted by molar-refractivity contribution is 5.48. The molecule has 106 valence electrons. The summed E-state index contributed by atoms with van der Waals surface area (Å²) < 4.78 is 11.7. The van der Waals surface area contributed by atoms with Crippen molar-refractivity contribution in [1.82, 2.24) is 0 Å². The Morgan fingerprint density at radius 1 is 1.16 bits per heavy atom. The normalized spacial score (nSPS) is 12.4. The molecular formula is C17H26O2. The van der Waals surface area contributed by atoms with Crippen LogP contribution in [0.3, 0.4) is 0 Å². The molecule has 1 atom stereocenters. The fourth-order valence-corrected chi connectivity index (χ4v) is 1.73. The van der Waals surface area contributed by atoms with E-state index in [1.807, 2.05) is 30.3 Å². The van der Waals surface area contributed by atoms with E-state index >= 15 is 0 Å². The Labute approximate surface area is 117 Å². The lowest BCUT2D eigenvalue weighted by Gasteiger charge is -2.23. The van der Waals surface area contributed by atoms with Crippen LogP contribution in [0.4, 0.5) is 0 Å². The number of benzene rings is 1. The predicted octanol–water partition coefficient (Wildman–Crippen LogP) is 4.90. The van der Waals surface area contributed by atoms with Crippen molar-refractivity contribution >= 4 is 6.08 Å². The molecule has 0 fully saturated rings. The molecule has 2 nitrogen and oxygen atoms in total. The summed E-state index contributed by atoms with van der Waals surface area (Å²) in [6, 6.07) is 7.91. The van der Waals surface area contributed by atoms with Gasteiger partial charge in [-0.15, -0.1) is 0 Å². The first-order valence-corrected chi connectivity index (χ1v) is 7.18. The van der Waals surface area contributed by atoms with E-state index in [1.165, 1.54) is 12.8 Å². The van der Waals surface area contributed by atoms with E-state index in [2.05, 4.69) is 27.4 Å². The first kappa shape index (κ1) is 15.8. The van der Waals surface area contributed by atoms with E-state index in [0.717, 1.165) is 24.3 Å². The van der Waals surface area contributed by atoms with E-state index in [-0.39, 0.29) is 6.29 Å². The van der Waals surface area contributed by atoms with Gasteiger partial charge in [0.1, 0.15) is 5.75 Å². The minimum absolute atomic E-state index is 0.175. The molecule has 0 bridgehead atoms. The lowest BCUT2D eigenvalue weighted by molar-refractivity contribution is -0.108. The van der Waals surface area contributed by atoms with Crippen molar-refractivity contribution in [1.29, 1.82) is 0 Å². The molecule has 0 saturated heterocycles. The molecule has 0 aliphatic carbocycles. The first-order valence-electron chi connectivity index (χ1n) is 7.18. The predicted molar refractivity (Wildman–Crippen MR) is 81.3 cm³/mol. The Hall–Kier alpha value is -1.28. The maximum absolute atomic E-state index is 5.90. The van der Waals surface area contributed by atoms with Crippen molar-refractivity contribution < 1.29 is 9.47 Å². The van der Waals surface area contributed by atoms with E-state index in [9.17, 15) is 0 Å². The number of rotatable bonds is 9. The van der Waals surface area contributed by atoms with Crippen LogP contribution in [0, 0.1) is 5.92 Å². The first-order chi connectivity index (χ1) is 9.17. The van der Waals surface area contributed by atoms with Gasteiger partial charge in [-0.3, -0.25) is 0 Å². The van der Waals surface area contributed by atoms with Crippen LogP contribution in [-0.4, -0.2) is 12.9 Å². The van der Waals surface area contributed by atoms with Crippen molar-refractivity contribution in [2.45, 2.75) is 46.3 Å². The maximum Gasteiger partial charge on any atom is 0.202 e. The molecule has 1 aromatic rings. The SMILES string of the molecule is C=Cc1ccc(OC(OCCCCC)C(C)C)cc1. The quantitative estimate of drug-likeness (QED) is 0.465. The van der Waals surface area contributed by atoms with Gasteiger partial charge in [0.15, 0.2) is 0 Å². The second kappa shape index (κ2) is 8.76. The molecule has 0 N–H and O–H groups in total. The Balaban J connectivity index is 2.49.